The average molecular weight is 656 g/mol. The summed E-state index contributed by atoms with van der Waals surface area (Å²) in [6.07, 6.45) is 2.45. The second kappa shape index (κ2) is 13.2. The number of hydrogen-bond donors (Lipinski definition) is 5. The number of carbonyl (C=O) groups is 2. The minimum Gasteiger partial charge on any atom is -0.508 e. The molecule has 0 bridgehead atoms. The lowest BCUT2D eigenvalue weighted by Crippen LogP contribution is -2.33. The summed E-state index contributed by atoms with van der Waals surface area (Å²) in [6.45, 7) is 7.96. The molecule has 0 saturated carbocycles. The number of amides is 2. The molecule has 250 valence electrons. The molecule has 1 atom stereocenters. The van der Waals surface area contributed by atoms with Gasteiger partial charge in [0.05, 0.1) is 6.04 Å². The van der Waals surface area contributed by atoms with Crippen LogP contribution in [0.3, 0.4) is 0 Å². The minimum atomic E-state index is -0.544. The Bertz CT molecular complexity index is 2160. The van der Waals surface area contributed by atoms with Crippen LogP contribution in [0, 0.1) is 0 Å². The second-order valence-electron chi connectivity index (χ2n) is 13.6. The Morgan fingerprint density at radius 2 is 1.71 bits per heavy atom. The van der Waals surface area contributed by atoms with Crippen molar-refractivity contribution in [1.82, 2.24) is 25.5 Å². The number of H-pyrrole nitrogens is 1. The van der Waals surface area contributed by atoms with Gasteiger partial charge in [-0.3, -0.25) is 4.79 Å². The summed E-state index contributed by atoms with van der Waals surface area (Å²) in [4.78, 5) is 28.7. The maximum absolute atomic E-state index is 12.9. The third kappa shape index (κ3) is 6.89. The molecule has 0 radical (unpaired) electrons. The van der Waals surface area contributed by atoms with Crippen LogP contribution in [0.15, 0.2) is 97.2 Å². The number of nitrogens with one attached hydrogen (secondary N) is 4. The first kappa shape index (κ1) is 32.0. The van der Waals surface area contributed by atoms with Gasteiger partial charge >= 0.3 is 6.09 Å². The van der Waals surface area contributed by atoms with E-state index in [0.29, 0.717) is 31.6 Å². The molecule has 6 aromatic rings. The molecular weight excluding hydrogens is 614 g/mol. The fraction of sp³-hybridized carbons (Fsp3) is 0.250. The molecule has 0 aliphatic carbocycles. The van der Waals surface area contributed by atoms with Gasteiger partial charge in [-0.1, -0.05) is 60.7 Å². The van der Waals surface area contributed by atoms with Gasteiger partial charge in [0.25, 0.3) is 5.91 Å². The Morgan fingerprint density at radius 1 is 0.918 bits per heavy atom. The number of aromatic nitrogens is 2. The van der Waals surface area contributed by atoms with Crippen molar-refractivity contribution in [2.24, 2.45) is 0 Å². The monoisotopic (exact) mass is 655 g/mol. The summed E-state index contributed by atoms with van der Waals surface area (Å²) in [7, 11) is 0. The SMILES string of the molecule is CC(C)(C)OC(=O)NCCc1cn(Cc2ccccc2)c2cc(CNCc3[nH]c4ccccc4c3C3NC(=O)c4ccc(O)cc43)ccc12. The van der Waals surface area contributed by atoms with Gasteiger partial charge in [-0.25, -0.2) is 4.79 Å². The molecule has 7 rings (SSSR count). The van der Waals surface area contributed by atoms with Crippen molar-refractivity contribution in [1.29, 1.82) is 0 Å². The number of rotatable bonds is 10. The van der Waals surface area contributed by atoms with Crippen LogP contribution in [0.1, 0.15) is 70.7 Å². The van der Waals surface area contributed by atoms with Gasteiger partial charge in [-0.2, -0.15) is 0 Å². The zero-order chi connectivity index (χ0) is 34.1. The highest BCUT2D eigenvalue weighted by Gasteiger charge is 2.33. The standard InChI is InChI=1S/C40H41N5O4/c1-40(2,3)49-39(48)42-18-17-27-24-45(23-25-9-5-4-6-10-25)35-19-26(13-15-29(27)35)21-41-22-34-36(31-11-7-8-12-33(31)43-34)37-32-20-28(46)14-16-30(32)38(47)44-37/h4-16,19-20,24,37,41,43,46H,17-18,21-23H2,1-3H3,(H,42,48)(H,44,47). The van der Waals surface area contributed by atoms with Gasteiger partial charge in [-0.15, -0.1) is 0 Å². The van der Waals surface area contributed by atoms with Gasteiger partial charge in [-0.05, 0) is 79.8 Å². The van der Waals surface area contributed by atoms with Crippen molar-refractivity contribution in [2.45, 2.75) is 58.5 Å². The molecule has 3 heterocycles. The van der Waals surface area contributed by atoms with Crippen LogP contribution in [-0.2, 0) is 30.8 Å². The number of hydrogen-bond acceptors (Lipinski definition) is 5. The zero-order valence-corrected chi connectivity index (χ0v) is 28.0. The van der Waals surface area contributed by atoms with E-state index in [-0.39, 0.29) is 17.7 Å². The van der Waals surface area contributed by atoms with E-state index in [1.165, 1.54) is 5.56 Å². The van der Waals surface area contributed by atoms with Crippen LogP contribution in [0.4, 0.5) is 4.79 Å². The van der Waals surface area contributed by atoms with E-state index in [1.54, 1.807) is 18.2 Å². The molecule has 49 heavy (non-hydrogen) atoms. The third-order valence-electron chi connectivity index (χ3n) is 8.90. The number of ether oxygens (including phenoxy) is 1. The van der Waals surface area contributed by atoms with E-state index >= 15 is 0 Å². The van der Waals surface area contributed by atoms with Crippen LogP contribution in [-0.4, -0.2) is 38.8 Å². The molecule has 1 aliphatic rings. The first-order valence-corrected chi connectivity index (χ1v) is 16.7. The molecule has 0 saturated heterocycles. The van der Waals surface area contributed by atoms with Crippen molar-refractivity contribution in [3.05, 3.63) is 136 Å². The van der Waals surface area contributed by atoms with Gasteiger partial charge in [0.15, 0.2) is 0 Å². The Kier molecular flexibility index (Phi) is 8.60. The highest BCUT2D eigenvalue weighted by atomic mass is 16.6. The third-order valence-corrected chi connectivity index (χ3v) is 8.90. The summed E-state index contributed by atoms with van der Waals surface area (Å²) in [6, 6.07) is 29.6. The van der Waals surface area contributed by atoms with Crippen LogP contribution < -0.4 is 16.0 Å². The number of fused-ring (bicyclic) bond motifs is 3. The summed E-state index contributed by atoms with van der Waals surface area (Å²) in [5.41, 5.74) is 8.43. The van der Waals surface area contributed by atoms with Gasteiger partial charge < -0.3 is 35.3 Å². The van der Waals surface area contributed by atoms with E-state index < -0.39 is 11.7 Å². The predicted octanol–water partition coefficient (Wildman–Crippen LogP) is 7.07. The number of aromatic hydroxyl groups is 1. The molecule has 2 amide bonds. The predicted molar refractivity (Wildman–Crippen MR) is 192 cm³/mol. The first-order chi connectivity index (χ1) is 23.6. The number of phenols is 1. The molecular formula is C40H41N5O4. The number of aromatic amines is 1. The summed E-state index contributed by atoms with van der Waals surface area (Å²) in [5, 5.41) is 22.1. The molecule has 1 unspecified atom stereocenters. The number of alkyl carbamates (subject to hydrolysis) is 1. The van der Waals surface area contributed by atoms with E-state index in [0.717, 1.165) is 56.3 Å². The lowest BCUT2D eigenvalue weighted by Gasteiger charge is -2.19. The zero-order valence-electron chi connectivity index (χ0n) is 28.0. The lowest BCUT2D eigenvalue weighted by atomic mass is 9.95. The van der Waals surface area contributed by atoms with Crippen molar-refractivity contribution >= 4 is 33.8 Å². The van der Waals surface area contributed by atoms with E-state index in [1.807, 2.05) is 45.0 Å². The average Bonchev–Trinajstić information content (AvgIpc) is 3.71. The molecule has 9 heteroatoms. The number of benzene rings is 4. The van der Waals surface area contributed by atoms with Gasteiger partial charge in [0, 0.05) is 71.0 Å². The Balaban J connectivity index is 1.12. The maximum Gasteiger partial charge on any atom is 0.407 e. The maximum atomic E-state index is 12.9. The van der Waals surface area contributed by atoms with Crippen LogP contribution >= 0.6 is 0 Å². The van der Waals surface area contributed by atoms with Crippen molar-refractivity contribution in [3.8, 4) is 5.75 Å². The van der Waals surface area contributed by atoms with Gasteiger partial charge in [0.1, 0.15) is 11.4 Å². The highest BCUT2D eigenvalue weighted by Crippen LogP contribution is 2.38. The largest absolute Gasteiger partial charge is 0.508 e. The molecule has 0 spiro atoms. The molecule has 2 aromatic heterocycles. The molecule has 5 N–H and O–H groups in total. The summed E-state index contributed by atoms with van der Waals surface area (Å²) >= 11 is 0. The first-order valence-electron chi connectivity index (χ1n) is 16.7. The van der Waals surface area contributed by atoms with E-state index in [9.17, 15) is 14.7 Å². The normalized spacial score (nSPS) is 14.3. The van der Waals surface area contributed by atoms with Crippen LogP contribution in [0.25, 0.3) is 21.8 Å². The Hall–Kier alpha value is -5.54. The van der Waals surface area contributed by atoms with Crippen molar-refractivity contribution < 1.29 is 19.4 Å². The van der Waals surface area contributed by atoms with E-state index in [2.05, 4.69) is 80.2 Å². The van der Waals surface area contributed by atoms with Crippen molar-refractivity contribution in [2.75, 3.05) is 6.54 Å². The highest BCUT2D eigenvalue weighted by molar-refractivity contribution is 6.01. The smallest absolute Gasteiger partial charge is 0.407 e. The van der Waals surface area contributed by atoms with Crippen molar-refractivity contribution in [3.63, 3.8) is 0 Å². The molecule has 0 fully saturated rings. The topological polar surface area (TPSA) is 120 Å². The lowest BCUT2D eigenvalue weighted by molar-refractivity contribution is 0.0528. The van der Waals surface area contributed by atoms with Crippen LogP contribution in [0.5, 0.6) is 5.75 Å². The fourth-order valence-electron chi connectivity index (χ4n) is 6.78. The van der Waals surface area contributed by atoms with E-state index in [4.69, 9.17) is 4.74 Å². The van der Waals surface area contributed by atoms with Crippen LogP contribution in [0.2, 0.25) is 0 Å². The molecule has 4 aromatic carbocycles. The molecule has 9 nitrogen and oxygen atoms in total. The molecule has 1 aliphatic heterocycles. The number of para-hydroxylation sites is 1. The minimum absolute atomic E-state index is 0.134. The van der Waals surface area contributed by atoms with Gasteiger partial charge in [0.2, 0.25) is 0 Å². The number of phenolic OH excluding ortho intramolecular Hbond substituents is 1. The summed E-state index contributed by atoms with van der Waals surface area (Å²) < 4.78 is 7.70. The fourth-order valence-corrected chi connectivity index (χ4v) is 6.78. The Labute approximate surface area is 285 Å². The quantitative estimate of drug-likeness (QED) is 0.108. The summed E-state index contributed by atoms with van der Waals surface area (Å²) in [5.74, 6) is -0.00868. The second-order valence-corrected chi connectivity index (χ2v) is 13.6. The number of carbonyl (C=O) groups excluding carboxylic acids is 2. The Morgan fingerprint density at radius 3 is 2.53 bits per heavy atom. The number of nitrogens with zero attached hydrogens (tertiary/aromatic N) is 1.